The van der Waals surface area contributed by atoms with E-state index in [0.717, 1.165) is 0 Å². The van der Waals surface area contributed by atoms with E-state index in [1.165, 1.54) is 13.3 Å². The average Bonchev–Trinajstić information content (AvgIpc) is 2.08. The number of halogens is 2. The number of nitrogens with zero attached hydrogens (tertiary/aromatic N) is 2. The fourth-order valence-corrected chi connectivity index (χ4v) is 0.756. The van der Waals surface area contributed by atoms with Crippen LogP contribution in [0.3, 0.4) is 0 Å². The molecule has 0 aliphatic carbocycles. The van der Waals surface area contributed by atoms with Crippen LogP contribution in [-0.4, -0.2) is 23.0 Å². The second kappa shape index (κ2) is 3.69. The van der Waals surface area contributed by atoms with Gasteiger partial charge in [0.15, 0.2) is 5.15 Å². The Morgan fingerprint density at radius 3 is 2.75 bits per heavy atom. The Balaban J connectivity index is 3.05. The predicted octanol–water partition coefficient (Wildman–Crippen LogP) is 1.57. The van der Waals surface area contributed by atoms with Crippen molar-refractivity contribution in [3.63, 3.8) is 0 Å². The summed E-state index contributed by atoms with van der Waals surface area (Å²) in [4.78, 5) is 18.0. The SMILES string of the molecule is COC(=O)c1ncc(Cl)c(Cl)n1. The van der Waals surface area contributed by atoms with E-state index in [9.17, 15) is 4.79 Å². The molecule has 0 spiro atoms. The molecule has 1 rings (SSSR count). The molecule has 0 bridgehead atoms. The lowest BCUT2D eigenvalue weighted by Gasteiger charge is -1.97. The van der Waals surface area contributed by atoms with Crippen LogP contribution in [0, 0.1) is 0 Å². The lowest BCUT2D eigenvalue weighted by atomic mass is 10.5. The number of methoxy groups -OCH3 is 1. The van der Waals surface area contributed by atoms with Crippen molar-refractivity contribution in [3.8, 4) is 0 Å². The molecule has 0 N–H and O–H groups in total. The Kier molecular flexibility index (Phi) is 2.83. The minimum absolute atomic E-state index is 0.0343. The second-order valence-corrected chi connectivity index (χ2v) is 2.59. The van der Waals surface area contributed by atoms with Crippen molar-refractivity contribution in [2.45, 2.75) is 0 Å². The summed E-state index contributed by atoms with van der Waals surface area (Å²) in [5.74, 6) is -0.750. The highest BCUT2D eigenvalue weighted by Gasteiger charge is 2.10. The number of hydrogen-bond donors (Lipinski definition) is 0. The van der Waals surface area contributed by atoms with Gasteiger partial charge in [0, 0.05) is 0 Å². The molecule has 64 valence electrons. The van der Waals surface area contributed by atoms with Gasteiger partial charge in [0.2, 0.25) is 5.82 Å². The molecule has 0 aliphatic rings. The quantitative estimate of drug-likeness (QED) is 0.518. The summed E-state index contributed by atoms with van der Waals surface area (Å²) in [6.45, 7) is 0. The molecule has 12 heavy (non-hydrogen) atoms. The van der Waals surface area contributed by atoms with Gasteiger partial charge in [-0.1, -0.05) is 23.2 Å². The molecule has 0 aliphatic heterocycles. The molecule has 0 radical (unpaired) electrons. The van der Waals surface area contributed by atoms with E-state index in [2.05, 4.69) is 14.7 Å². The number of esters is 1. The molecule has 1 heterocycles. The third-order valence-electron chi connectivity index (χ3n) is 1.07. The number of aromatic nitrogens is 2. The van der Waals surface area contributed by atoms with Gasteiger partial charge in [0.05, 0.1) is 18.3 Å². The molecular weight excluding hydrogens is 203 g/mol. The van der Waals surface area contributed by atoms with Gasteiger partial charge < -0.3 is 4.74 Å². The largest absolute Gasteiger partial charge is 0.463 e. The first kappa shape index (κ1) is 9.22. The lowest BCUT2D eigenvalue weighted by molar-refractivity contribution is 0.0586. The highest BCUT2D eigenvalue weighted by molar-refractivity contribution is 6.41. The van der Waals surface area contributed by atoms with Crippen molar-refractivity contribution in [2.75, 3.05) is 7.11 Å². The highest BCUT2D eigenvalue weighted by Crippen LogP contribution is 2.17. The summed E-state index contributed by atoms with van der Waals surface area (Å²) >= 11 is 11.0. The molecule has 6 heteroatoms. The Morgan fingerprint density at radius 1 is 1.58 bits per heavy atom. The minimum Gasteiger partial charge on any atom is -0.463 e. The summed E-state index contributed by atoms with van der Waals surface area (Å²) in [6.07, 6.45) is 1.24. The Labute approximate surface area is 78.5 Å². The van der Waals surface area contributed by atoms with E-state index in [1.54, 1.807) is 0 Å². The number of rotatable bonds is 1. The second-order valence-electron chi connectivity index (χ2n) is 1.82. The normalized spacial score (nSPS) is 9.58. The summed E-state index contributed by atoms with van der Waals surface area (Å²) in [7, 11) is 1.23. The van der Waals surface area contributed by atoms with Gasteiger partial charge in [-0.05, 0) is 0 Å². The summed E-state index contributed by atoms with van der Waals surface area (Å²) in [6, 6.07) is 0. The molecule has 0 saturated carbocycles. The minimum atomic E-state index is -0.645. The van der Waals surface area contributed by atoms with Gasteiger partial charge in [-0.3, -0.25) is 0 Å². The highest BCUT2D eigenvalue weighted by atomic mass is 35.5. The van der Waals surface area contributed by atoms with E-state index >= 15 is 0 Å². The first-order chi connectivity index (χ1) is 5.65. The molecule has 0 unspecified atom stereocenters. The molecule has 0 aromatic carbocycles. The molecule has 0 fully saturated rings. The summed E-state index contributed by atoms with van der Waals surface area (Å²) in [5, 5.41) is 0.233. The van der Waals surface area contributed by atoms with Crippen LogP contribution in [0.5, 0.6) is 0 Å². The maximum atomic E-state index is 10.8. The number of carbonyl (C=O) groups excluding carboxylic acids is 1. The van der Waals surface area contributed by atoms with Crippen molar-refractivity contribution in [3.05, 3.63) is 22.2 Å². The van der Waals surface area contributed by atoms with Gasteiger partial charge in [-0.15, -0.1) is 0 Å². The van der Waals surface area contributed by atoms with Crippen LogP contribution in [-0.2, 0) is 4.74 Å². The van der Waals surface area contributed by atoms with Crippen molar-refractivity contribution in [1.29, 1.82) is 0 Å². The van der Waals surface area contributed by atoms with Gasteiger partial charge in [-0.25, -0.2) is 14.8 Å². The van der Waals surface area contributed by atoms with E-state index in [-0.39, 0.29) is 16.0 Å². The molecule has 0 atom stereocenters. The van der Waals surface area contributed by atoms with E-state index in [0.29, 0.717) is 0 Å². The predicted molar refractivity (Wildman–Crippen MR) is 43.4 cm³/mol. The third-order valence-corrected chi connectivity index (χ3v) is 1.73. The first-order valence-electron chi connectivity index (χ1n) is 2.91. The van der Waals surface area contributed by atoms with Crippen LogP contribution in [0.2, 0.25) is 10.2 Å². The van der Waals surface area contributed by atoms with Crippen LogP contribution in [0.1, 0.15) is 10.6 Å². The monoisotopic (exact) mass is 206 g/mol. The van der Waals surface area contributed by atoms with E-state index in [1.807, 2.05) is 0 Å². The van der Waals surface area contributed by atoms with Crippen molar-refractivity contribution >= 4 is 29.2 Å². The smallest absolute Gasteiger partial charge is 0.376 e. The van der Waals surface area contributed by atoms with Gasteiger partial charge in [0.25, 0.3) is 0 Å². The Hall–Kier alpha value is -0.870. The van der Waals surface area contributed by atoms with Crippen LogP contribution in [0.4, 0.5) is 0 Å². The lowest BCUT2D eigenvalue weighted by Crippen LogP contribution is -2.06. The fraction of sp³-hybridized carbons (Fsp3) is 0.167. The zero-order chi connectivity index (χ0) is 9.14. The Bertz CT molecular complexity index is 316. The zero-order valence-corrected chi connectivity index (χ0v) is 7.56. The molecule has 4 nitrogen and oxygen atoms in total. The Morgan fingerprint density at radius 2 is 2.25 bits per heavy atom. The molecule has 1 aromatic heterocycles. The third kappa shape index (κ3) is 1.84. The maximum Gasteiger partial charge on any atom is 0.376 e. The first-order valence-corrected chi connectivity index (χ1v) is 3.67. The maximum absolute atomic E-state index is 10.8. The van der Waals surface area contributed by atoms with Crippen molar-refractivity contribution in [1.82, 2.24) is 9.97 Å². The van der Waals surface area contributed by atoms with E-state index in [4.69, 9.17) is 23.2 Å². The van der Waals surface area contributed by atoms with Gasteiger partial charge in [0.1, 0.15) is 0 Å². The summed E-state index contributed by atoms with van der Waals surface area (Å²) < 4.78 is 4.37. The number of hydrogen-bond acceptors (Lipinski definition) is 4. The van der Waals surface area contributed by atoms with Crippen LogP contribution in [0.15, 0.2) is 6.20 Å². The van der Waals surface area contributed by atoms with Crippen LogP contribution >= 0.6 is 23.2 Å². The topological polar surface area (TPSA) is 52.1 Å². The number of ether oxygens (including phenoxy) is 1. The molecule has 0 saturated heterocycles. The molecule has 1 aromatic rings. The summed E-state index contributed by atoms with van der Waals surface area (Å²) in [5.41, 5.74) is 0. The fourth-order valence-electron chi connectivity index (χ4n) is 0.536. The zero-order valence-electron chi connectivity index (χ0n) is 6.04. The van der Waals surface area contributed by atoms with Crippen LogP contribution in [0.25, 0.3) is 0 Å². The van der Waals surface area contributed by atoms with Gasteiger partial charge in [-0.2, -0.15) is 0 Å². The van der Waals surface area contributed by atoms with Gasteiger partial charge >= 0.3 is 5.97 Å². The molecule has 0 amide bonds. The molecular formula is C6H4Cl2N2O2. The standard InChI is InChI=1S/C6H4Cl2N2O2/c1-12-6(11)5-9-2-3(7)4(8)10-5/h2H,1H3. The van der Waals surface area contributed by atoms with Crippen molar-refractivity contribution in [2.24, 2.45) is 0 Å². The number of carbonyl (C=O) groups is 1. The van der Waals surface area contributed by atoms with E-state index < -0.39 is 5.97 Å². The van der Waals surface area contributed by atoms with Crippen LogP contribution < -0.4 is 0 Å². The van der Waals surface area contributed by atoms with Crippen molar-refractivity contribution < 1.29 is 9.53 Å². The average molecular weight is 207 g/mol.